The molecule has 0 saturated heterocycles. The first-order valence-electron chi connectivity index (χ1n) is 5.18. The minimum Gasteiger partial charge on any atom is -0.481 e. The monoisotopic (exact) mass is 244 g/mol. The summed E-state index contributed by atoms with van der Waals surface area (Å²) < 4.78 is 0. The van der Waals surface area contributed by atoms with Gasteiger partial charge in [-0.1, -0.05) is 0 Å². The summed E-state index contributed by atoms with van der Waals surface area (Å²) >= 11 is 0. The molecule has 17 heavy (non-hydrogen) atoms. The Morgan fingerprint density at radius 1 is 1.29 bits per heavy atom. The number of carbonyl (C=O) groups excluding carboxylic acids is 3. The van der Waals surface area contributed by atoms with Crippen LogP contribution in [0.3, 0.4) is 0 Å². The molecule has 0 bridgehead atoms. The second-order valence-electron chi connectivity index (χ2n) is 3.53. The Morgan fingerprint density at radius 2 is 1.94 bits per heavy atom. The summed E-state index contributed by atoms with van der Waals surface area (Å²) in [5.41, 5.74) is 5.46. The van der Waals surface area contributed by atoms with E-state index in [0.717, 1.165) is 0 Å². The van der Waals surface area contributed by atoms with Gasteiger partial charge in [0.25, 0.3) is 0 Å². The normalized spacial score (nSPS) is 13.5. The molecule has 0 aromatic rings. The average Bonchev–Trinajstić information content (AvgIpc) is 2.30. The maximum atomic E-state index is 11.4. The molecule has 0 aliphatic rings. The van der Waals surface area contributed by atoms with E-state index in [9.17, 15) is 19.2 Å². The summed E-state index contributed by atoms with van der Waals surface area (Å²) in [4.78, 5) is 42.4. The zero-order valence-corrected chi connectivity index (χ0v) is 9.30. The fourth-order valence-electron chi connectivity index (χ4n) is 1.12. The molecule has 7 heteroatoms. The lowest BCUT2D eigenvalue weighted by Crippen LogP contribution is -2.46. The number of rotatable bonds is 9. The Labute approximate surface area is 98.4 Å². The van der Waals surface area contributed by atoms with E-state index in [4.69, 9.17) is 10.8 Å². The number of carboxylic acid groups (broad SMARTS) is 1. The van der Waals surface area contributed by atoms with Crippen molar-refractivity contribution in [2.45, 2.75) is 37.8 Å². The van der Waals surface area contributed by atoms with Crippen molar-refractivity contribution in [1.82, 2.24) is 5.32 Å². The third-order valence-corrected chi connectivity index (χ3v) is 2.09. The topological polar surface area (TPSA) is 127 Å². The molecule has 0 saturated carbocycles. The van der Waals surface area contributed by atoms with E-state index >= 15 is 0 Å². The molecule has 2 unspecified atom stereocenters. The van der Waals surface area contributed by atoms with E-state index in [2.05, 4.69) is 5.32 Å². The Morgan fingerprint density at radius 3 is 2.41 bits per heavy atom. The largest absolute Gasteiger partial charge is 0.481 e. The molecule has 1 amide bonds. The first kappa shape index (κ1) is 15.2. The fourth-order valence-corrected chi connectivity index (χ4v) is 1.12. The van der Waals surface area contributed by atoms with Crippen molar-refractivity contribution in [3.05, 3.63) is 0 Å². The number of hydrogen-bond donors (Lipinski definition) is 3. The van der Waals surface area contributed by atoms with Crippen molar-refractivity contribution in [3.8, 4) is 0 Å². The zero-order chi connectivity index (χ0) is 13.3. The van der Waals surface area contributed by atoms with Gasteiger partial charge in [0, 0.05) is 12.8 Å². The number of hydrogen-bond acceptors (Lipinski definition) is 5. The van der Waals surface area contributed by atoms with E-state index in [1.807, 2.05) is 0 Å². The van der Waals surface area contributed by atoms with Gasteiger partial charge in [0.2, 0.25) is 5.91 Å². The van der Waals surface area contributed by atoms with Gasteiger partial charge < -0.3 is 25.7 Å². The quantitative estimate of drug-likeness (QED) is 0.439. The van der Waals surface area contributed by atoms with Crippen molar-refractivity contribution in [2.75, 3.05) is 0 Å². The molecule has 0 radical (unpaired) electrons. The smallest absolute Gasteiger partial charge is 0.303 e. The highest BCUT2D eigenvalue weighted by molar-refractivity contribution is 5.84. The van der Waals surface area contributed by atoms with Gasteiger partial charge in [0.1, 0.15) is 12.6 Å². The molecular formula is C10H16N2O5. The van der Waals surface area contributed by atoms with Crippen LogP contribution in [0.2, 0.25) is 0 Å². The molecule has 0 aromatic carbocycles. The van der Waals surface area contributed by atoms with Gasteiger partial charge in [0.05, 0.1) is 12.1 Å². The van der Waals surface area contributed by atoms with Crippen LogP contribution in [0.5, 0.6) is 0 Å². The molecule has 2 atom stereocenters. The maximum Gasteiger partial charge on any atom is 0.303 e. The summed E-state index contributed by atoms with van der Waals surface area (Å²) in [5.74, 6) is -1.61. The van der Waals surface area contributed by atoms with Crippen LogP contribution in [0.4, 0.5) is 0 Å². The van der Waals surface area contributed by atoms with Gasteiger partial charge in [0.15, 0.2) is 0 Å². The van der Waals surface area contributed by atoms with Crippen molar-refractivity contribution in [2.24, 2.45) is 5.73 Å². The van der Waals surface area contributed by atoms with Crippen LogP contribution in [0.25, 0.3) is 0 Å². The van der Waals surface area contributed by atoms with Crippen LogP contribution < -0.4 is 11.1 Å². The predicted molar refractivity (Wildman–Crippen MR) is 58.1 cm³/mol. The van der Waals surface area contributed by atoms with Crippen LogP contribution >= 0.6 is 0 Å². The molecule has 0 aromatic heterocycles. The molecule has 0 heterocycles. The van der Waals surface area contributed by atoms with Gasteiger partial charge >= 0.3 is 5.97 Å². The Balaban J connectivity index is 4.08. The fraction of sp³-hybridized carbons (Fsp3) is 0.600. The Hall–Kier alpha value is -1.76. The highest BCUT2D eigenvalue weighted by Gasteiger charge is 2.17. The molecule has 0 aliphatic heterocycles. The molecule has 0 fully saturated rings. The van der Waals surface area contributed by atoms with Crippen LogP contribution in [0.15, 0.2) is 0 Å². The number of carboxylic acids is 1. The zero-order valence-electron chi connectivity index (χ0n) is 9.30. The van der Waals surface area contributed by atoms with Crippen molar-refractivity contribution >= 4 is 24.4 Å². The summed E-state index contributed by atoms with van der Waals surface area (Å²) in [5, 5.41) is 10.7. The SMILES string of the molecule is NC(CCC=O)C(=O)NC(C=O)CCC(=O)O. The summed E-state index contributed by atoms with van der Waals surface area (Å²) in [6.45, 7) is 0. The summed E-state index contributed by atoms with van der Waals surface area (Å²) in [6.07, 6.45) is 1.27. The second kappa shape index (κ2) is 8.40. The lowest BCUT2D eigenvalue weighted by atomic mass is 10.1. The molecule has 96 valence electrons. The molecule has 7 nitrogen and oxygen atoms in total. The first-order chi connectivity index (χ1) is 8.01. The van der Waals surface area contributed by atoms with Crippen molar-refractivity contribution < 1.29 is 24.3 Å². The lowest BCUT2D eigenvalue weighted by Gasteiger charge is -2.15. The van der Waals surface area contributed by atoms with Crippen molar-refractivity contribution in [3.63, 3.8) is 0 Å². The minimum atomic E-state index is -1.05. The van der Waals surface area contributed by atoms with Crippen LogP contribution in [-0.2, 0) is 19.2 Å². The summed E-state index contributed by atoms with van der Waals surface area (Å²) in [7, 11) is 0. The van der Waals surface area contributed by atoms with E-state index in [1.54, 1.807) is 0 Å². The van der Waals surface area contributed by atoms with E-state index in [-0.39, 0.29) is 25.7 Å². The van der Waals surface area contributed by atoms with E-state index < -0.39 is 24.0 Å². The molecule has 0 spiro atoms. The highest BCUT2D eigenvalue weighted by atomic mass is 16.4. The number of nitrogens with one attached hydrogen (secondary N) is 1. The number of amides is 1. The number of carbonyl (C=O) groups is 4. The van der Waals surface area contributed by atoms with Gasteiger partial charge in [-0.2, -0.15) is 0 Å². The van der Waals surface area contributed by atoms with Gasteiger partial charge in [-0.15, -0.1) is 0 Å². The minimum absolute atomic E-state index is 0.0188. The van der Waals surface area contributed by atoms with Gasteiger partial charge in [-0.05, 0) is 12.8 Å². The van der Waals surface area contributed by atoms with E-state index in [1.165, 1.54) is 0 Å². The first-order valence-corrected chi connectivity index (χ1v) is 5.18. The van der Waals surface area contributed by atoms with E-state index in [0.29, 0.717) is 12.6 Å². The van der Waals surface area contributed by atoms with Crippen LogP contribution in [0.1, 0.15) is 25.7 Å². The van der Waals surface area contributed by atoms with Gasteiger partial charge in [-0.3, -0.25) is 9.59 Å². The Bertz CT molecular complexity index is 292. The lowest BCUT2D eigenvalue weighted by molar-refractivity contribution is -0.137. The number of nitrogens with two attached hydrogens (primary N) is 1. The van der Waals surface area contributed by atoms with Crippen LogP contribution in [-0.4, -0.2) is 41.6 Å². The predicted octanol–water partition coefficient (Wildman–Crippen LogP) is -1.16. The van der Waals surface area contributed by atoms with Crippen molar-refractivity contribution in [1.29, 1.82) is 0 Å². The van der Waals surface area contributed by atoms with Gasteiger partial charge in [-0.25, -0.2) is 0 Å². The number of aldehydes is 2. The standard InChI is InChI=1S/C10H16N2O5/c11-8(2-1-5-13)10(17)12-7(6-14)3-4-9(15)16/h5-8H,1-4,11H2,(H,12,17)(H,15,16). The Kier molecular flexibility index (Phi) is 7.53. The maximum absolute atomic E-state index is 11.4. The number of aliphatic carboxylic acids is 1. The molecular weight excluding hydrogens is 228 g/mol. The van der Waals surface area contributed by atoms with Crippen LogP contribution in [0, 0.1) is 0 Å². The highest BCUT2D eigenvalue weighted by Crippen LogP contribution is 1.97. The average molecular weight is 244 g/mol. The molecule has 0 rings (SSSR count). The second-order valence-corrected chi connectivity index (χ2v) is 3.53. The molecule has 4 N–H and O–H groups in total. The summed E-state index contributed by atoms with van der Waals surface area (Å²) in [6, 6.07) is -1.73. The third kappa shape index (κ3) is 7.18. The molecule has 0 aliphatic carbocycles. The third-order valence-electron chi connectivity index (χ3n) is 2.09.